The van der Waals surface area contributed by atoms with E-state index in [-0.39, 0.29) is 12.1 Å². The second-order valence-corrected chi connectivity index (χ2v) is 5.47. The van der Waals surface area contributed by atoms with E-state index in [2.05, 4.69) is 20.2 Å². The van der Waals surface area contributed by atoms with Crippen molar-refractivity contribution in [3.05, 3.63) is 12.4 Å². The number of nitrogens with zero attached hydrogens (tertiary/aromatic N) is 4. The van der Waals surface area contributed by atoms with E-state index >= 15 is 0 Å². The number of aromatic nitrogens is 2. The largest absolute Gasteiger partial charge is 0.478 e. The molecule has 0 bridgehead atoms. The first-order chi connectivity index (χ1) is 11.2. The van der Waals surface area contributed by atoms with Crippen molar-refractivity contribution in [1.29, 1.82) is 0 Å². The molecule has 1 aromatic heterocycles. The summed E-state index contributed by atoms with van der Waals surface area (Å²) in [7, 11) is 5.07. The van der Waals surface area contributed by atoms with Crippen molar-refractivity contribution in [2.45, 2.75) is 18.9 Å². The molecule has 0 radical (unpaired) electrons. The Morgan fingerprint density at radius 3 is 2.96 bits per heavy atom. The van der Waals surface area contributed by atoms with E-state index in [4.69, 9.17) is 9.47 Å². The smallest absolute Gasteiger partial charge is 0.317 e. The van der Waals surface area contributed by atoms with Gasteiger partial charge in [-0.1, -0.05) is 0 Å². The summed E-state index contributed by atoms with van der Waals surface area (Å²) < 4.78 is 10.2. The fourth-order valence-corrected chi connectivity index (χ4v) is 2.63. The Kier molecular flexibility index (Phi) is 6.40. The van der Waals surface area contributed by atoms with Gasteiger partial charge in [-0.15, -0.1) is 0 Å². The summed E-state index contributed by atoms with van der Waals surface area (Å²) in [6, 6.07) is 0.0863. The molecule has 1 aliphatic rings. The zero-order chi connectivity index (χ0) is 16.7. The molecular formula is C15H25N5O3. The van der Waals surface area contributed by atoms with Crippen LogP contribution in [0.2, 0.25) is 0 Å². The summed E-state index contributed by atoms with van der Waals surface area (Å²) in [4.78, 5) is 24.5. The molecule has 1 N–H and O–H groups in total. The Labute approximate surface area is 136 Å². The standard InChI is InChI=1S/C15H25N5O3/c1-19(15(21)18-6-4-10-22-2)12-5-9-20(11-12)13-14(23-3)17-8-7-16-13/h7-8,12H,4-6,9-11H2,1-3H3,(H,18,21)/t12-/m0/s1. The van der Waals surface area contributed by atoms with Gasteiger partial charge >= 0.3 is 6.03 Å². The van der Waals surface area contributed by atoms with E-state index in [1.165, 1.54) is 0 Å². The van der Waals surface area contributed by atoms with Crippen LogP contribution in [0, 0.1) is 0 Å². The van der Waals surface area contributed by atoms with Crippen LogP contribution in [0.4, 0.5) is 10.6 Å². The van der Waals surface area contributed by atoms with Crippen LogP contribution in [-0.4, -0.2) is 74.4 Å². The van der Waals surface area contributed by atoms with E-state index in [1.54, 1.807) is 31.5 Å². The second kappa shape index (κ2) is 8.52. The van der Waals surface area contributed by atoms with Crippen molar-refractivity contribution in [2.24, 2.45) is 0 Å². The number of carbonyl (C=O) groups is 1. The number of nitrogens with one attached hydrogen (secondary N) is 1. The van der Waals surface area contributed by atoms with Crippen LogP contribution < -0.4 is 15.0 Å². The lowest BCUT2D eigenvalue weighted by Crippen LogP contribution is -2.45. The van der Waals surface area contributed by atoms with Crippen molar-refractivity contribution < 1.29 is 14.3 Å². The summed E-state index contributed by atoms with van der Waals surface area (Å²) in [6.45, 7) is 2.80. The molecule has 8 heteroatoms. The van der Waals surface area contributed by atoms with Crippen LogP contribution in [0.25, 0.3) is 0 Å². The number of ether oxygens (including phenoxy) is 2. The van der Waals surface area contributed by atoms with Gasteiger partial charge in [-0.3, -0.25) is 0 Å². The molecule has 0 aliphatic carbocycles. The molecule has 2 rings (SSSR count). The minimum atomic E-state index is -0.0564. The third-order valence-electron chi connectivity index (χ3n) is 3.97. The highest BCUT2D eigenvalue weighted by molar-refractivity contribution is 5.74. The lowest BCUT2D eigenvalue weighted by Gasteiger charge is -2.25. The van der Waals surface area contributed by atoms with Gasteiger partial charge in [0.05, 0.1) is 13.2 Å². The molecule has 1 aliphatic heterocycles. The first-order valence-corrected chi connectivity index (χ1v) is 7.77. The normalized spacial score (nSPS) is 17.2. The highest BCUT2D eigenvalue weighted by Crippen LogP contribution is 2.27. The predicted octanol–water partition coefficient (Wildman–Crippen LogP) is 0.742. The Balaban J connectivity index is 1.87. The van der Waals surface area contributed by atoms with Crippen molar-refractivity contribution >= 4 is 11.8 Å². The predicted molar refractivity (Wildman–Crippen MR) is 86.9 cm³/mol. The Morgan fingerprint density at radius 1 is 1.43 bits per heavy atom. The number of carbonyl (C=O) groups excluding carboxylic acids is 1. The average molecular weight is 323 g/mol. The minimum absolute atomic E-state index is 0.0564. The van der Waals surface area contributed by atoms with E-state index in [9.17, 15) is 4.79 Å². The van der Waals surface area contributed by atoms with Gasteiger partial charge in [0.15, 0.2) is 5.82 Å². The van der Waals surface area contributed by atoms with Crippen LogP contribution in [0.1, 0.15) is 12.8 Å². The first kappa shape index (κ1) is 17.3. The molecule has 0 saturated carbocycles. The van der Waals surface area contributed by atoms with Gasteiger partial charge in [0.1, 0.15) is 0 Å². The van der Waals surface area contributed by atoms with Gasteiger partial charge in [-0.25, -0.2) is 14.8 Å². The summed E-state index contributed by atoms with van der Waals surface area (Å²) in [5, 5.41) is 2.91. The third-order valence-corrected chi connectivity index (χ3v) is 3.97. The number of methoxy groups -OCH3 is 2. The maximum absolute atomic E-state index is 12.2. The highest BCUT2D eigenvalue weighted by Gasteiger charge is 2.30. The van der Waals surface area contributed by atoms with Crippen molar-refractivity contribution in [2.75, 3.05) is 52.4 Å². The summed E-state index contributed by atoms with van der Waals surface area (Å²) >= 11 is 0. The Bertz CT molecular complexity index is 514. The lowest BCUT2D eigenvalue weighted by molar-refractivity contribution is 0.183. The molecule has 0 spiro atoms. The van der Waals surface area contributed by atoms with E-state index in [0.717, 1.165) is 31.7 Å². The van der Waals surface area contributed by atoms with Gasteiger partial charge < -0.3 is 24.6 Å². The molecule has 23 heavy (non-hydrogen) atoms. The molecule has 0 unspecified atom stereocenters. The number of hydrogen-bond acceptors (Lipinski definition) is 6. The minimum Gasteiger partial charge on any atom is -0.478 e. The summed E-state index contributed by atoms with van der Waals surface area (Å²) in [6.07, 6.45) is 4.96. The van der Waals surface area contributed by atoms with Crippen LogP contribution in [0.3, 0.4) is 0 Å². The third kappa shape index (κ3) is 4.44. The number of rotatable bonds is 7. The molecule has 128 valence electrons. The number of hydrogen-bond donors (Lipinski definition) is 1. The van der Waals surface area contributed by atoms with Crippen molar-refractivity contribution in [3.63, 3.8) is 0 Å². The maximum Gasteiger partial charge on any atom is 0.317 e. The Hall–Kier alpha value is -2.09. The summed E-state index contributed by atoms with van der Waals surface area (Å²) in [5.74, 6) is 1.24. The molecule has 2 heterocycles. The number of urea groups is 1. The highest BCUT2D eigenvalue weighted by atomic mass is 16.5. The monoisotopic (exact) mass is 323 g/mol. The van der Waals surface area contributed by atoms with Gasteiger partial charge in [-0.2, -0.15) is 0 Å². The molecule has 0 aromatic carbocycles. The van der Waals surface area contributed by atoms with Crippen molar-refractivity contribution in [3.8, 4) is 5.88 Å². The number of amides is 2. The molecule has 1 fully saturated rings. The molecule has 2 amide bonds. The zero-order valence-electron chi connectivity index (χ0n) is 14.0. The maximum atomic E-state index is 12.2. The van der Waals surface area contributed by atoms with Gasteiger partial charge in [-0.05, 0) is 12.8 Å². The van der Waals surface area contributed by atoms with E-state index < -0.39 is 0 Å². The summed E-state index contributed by atoms with van der Waals surface area (Å²) in [5.41, 5.74) is 0. The lowest BCUT2D eigenvalue weighted by atomic mass is 10.2. The first-order valence-electron chi connectivity index (χ1n) is 7.77. The fraction of sp³-hybridized carbons (Fsp3) is 0.667. The molecular weight excluding hydrogens is 298 g/mol. The average Bonchev–Trinajstić information content (AvgIpc) is 3.07. The molecule has 1 aromatic rings. The van der Waals surface area contributed by atoms with E-state index in [0.29, 0.717) is 19.0 Å². The van der Waals surface area contributed by atoms with Gasteiger partial charge in [0.25, 0.3) is 5.88 Å². The zero-order valence-corrected chi connectivity index (χ0v) is 14.0. The number of likely N-dealkylation sites (N-methyl/N-ethyl adjacent to an activating group) is 1. The van der Waals surface area contributed by atoms with Crippen LogP contribution in [-0.2, 0) is 4.74 Å². The van der Waals surface area contributed by atoms with Crippen LogP contribution in [0.5, 0.6) is 5.88 Å². The second-order valence-electron chi connectivity index (χ2n) is 5.47. The van der Waals surface area contributed by atoms with Crippen molar-refractivity contribution in [1.82, 2.24) is 20.2 Å². The SMILES string of the molecule is COCCCNC(=O)N(C)[C@H]1CCN(c2nccnc2OC)C1. The fourth-order valence-electron chi connectivity index (χ4n) is 2.63. The number of anilines is 1. The van der Waals surface area contributed by atoms with Crippen LogP contribution >= 0.6 is 0 Å². The quantitative estimate of drug-likeness (QED) is 0.746. The molecule has 8 nitrogen and oxygen atoms in total. The topological polar surface area (TPSA) is 79.8 Å². The van der Waals surface area contributed by atoms with Crippen LogP contribution in [0.15, 0.2) is 12.4 Å². The molecule has 1 saturated heterocycles. The van der Waals surface area contributed by atoms with E-state index in [1.807, 2.05) is 7.05 Å². The molecule has 1 atom stereocenters. The Morgan fingerprint density at radius 2 is 2.22 bits per heavy atom. The van der Waals surface area contributed by atoms with Gasteiger partial charge in [0.2, 0.25) is 0 Å². The van der Waals surface area contributed by atoms with Gasteiger partial charge in [0, 0.05) is 52.8 Å².